The second kappa shape index (κ2) is 7.37. The van der Waals surface area contributed by atoms with Crippen LogP contribution in [-0.2, 0) is 16.0 Å². The number of ether oxygens (including phenoxy) is 1. The van der Waals surface area contributed by atoms with Crippen LogP contribution in [0.1, 0.15) is 58.1 Å². The number of hydrogen-bond acceptors (Lipinski definition) is 3. The number of carbonyl (C=O) groups excluding carboxylic acids is 2. The number of likely N-dealkylation sites (tertiary alicyclic amines) is 1. The molecule has 1 atom stereocenters. The van der Waals surface area contributed by atoms with Crippen molar-refractivity contribution in [1.29, 1.82) is 0 Å². The zero-order valence-electron chi connectivity index (χ0n) is 15.5. The second-order valence-corrected chi connectivity index (χ2v) is 8.04. The molecule has 0 saturated carbocycles. The van der Waals surface area contributed by atoms with Gasteiger partial charge in [0.15, 0.2) is 0 Å². The standard InChI is InChI=1S/C20H29NO3/c1-14(10-15(2)22)11-16-6-8-17(9-7-16)18-12-21(13-18)19(23)24-20(3,4)5/h6-9,14,18H,10-13H2,1-5H3. The molecule has 0 N–H and O–H groups in total. The van der Waals surface area contributed by atoms with E-state index in [0.29, 0.717) is 18.3 Å². The fourth-order valence-electron chi connectivity index (χ4n) is 3.06. The smallest absolute Gasteiger partial charge is 0.410 e. The molecule has 0 aliphatic carbocycles. The first-order valence-electron chi connectivity index (χ1n) is 8.70. The molecule has 0 radical (unpaired) electrons. The highest BCUT2D eigenvalue weighted by Gasteiger charge is 2.34. The van der Waals surface area contributed by atoms with E-state index in [1.165, 1.54) is 11.1 Å². The van der Waals surface area contributed by atoms with E-state index in [4.69, 9.17) is 4.74 Å². The van der Waals surface area contributed by atoms with Crippen LogP contribution in [0.25, 0.3) is 0 Å². The van der Waals surface area contributed by atoms with Gasteiger partial charge >= 0.3 is 6.09 Å². The van der Waals surface area contributed by atoms with Gasteiger partial charge in [-0.15, -0.1) is 0 Å². The third-order valence-corrected chi connectivity index (χ3v) is 4.20. The van der Waals surface area contributed by atoms with Crippen LogP contribution in [0.3, 0.4) is 0 Å². The molecule has 1 heterocycles. The maximum absolute atomic E-state index is 12.0. The number of benzene rings is 1. The normalized spacial score (nSPS) is 16.5. The maximum atomic E-state index is 12.0. The Morgan fingerprint density at radius 2 is 1.79 bits per heavy atom. The highest BCUT2D eigenvalue weighted by atomic mass is 16.6. The Bertz CT molecular complexity index is 580. The quantitative estimate of drug-likeness (QED) is 0.813. The van der Waals surface area contributed by atoms with Crippen molar-refractivity contribution >= 4 is 11.9 Å². The van der Waals surface area contributed by atoms with Crippen molar-refractivity contribution in [3.8, 4) is 0 Å². The van der Waals surface area contributed by atoms with Crippen LogP contribution in [0.15, 0.2) is 24.3 Å². The number of rotatable bonds is 5. The van der Waals surface area contributed by atoms with E-state index >= 15 is 0 Å². The van der Waals surface area contributed by atoms with Gasteiger partial charge in [0.1, 0.15) is 11.4 Å². The third-order valence-electron chi connectivity index (χ3n) is 4.20. The average Bonchev–Trinajstić information content (AvgIpc) is 2.35. The van der Waals surface area contributed by atoms with Crippen molar-refractivity contribution in [2.75, 3.05) is 13.1 Å². The summed E-state index contributed by atoms with van der Waals surface area (Å²) in [5, 5.41) is 0. The minimum absolute atomic E-state index is 0.228. The molecule has 132 valence electrons. The lowest BCUT2D eigenvalue weighted by molar-refractivity contribution is -0.117. The van der Waals surface area contributed by atoms with Gasteiger partial charge in [0, 0.05) is 25.4 Å². The van der Waals surface area contributed by atoms with Gasteiger partial charge in [0.25, 0.3) is 0 Å². The highest BCUT2D eigenvalue weighted by molar-refractivity contribution is 5.75. The summed E-state index contributed by atoms with van der Waals surface area (Å²) in [6.07, 6.45) is 1.33. The number of carbonyl (C=O) groups is 2. The molecule has 2 rings (SSSR count). The van der Waals surface area contributed by atoms with E-state index in [-0.39, 0.29) is 11.9 Å². The summed E-state index contributed by atoms with van der Waals surface area (Å²) in [6.45, 7) is 10.8. The van der Waals surface area contributed by atoms with Crippen molar-refractivity contribution in [2.24, 2.45) is 5.92 Å². The average molecular weight is 331 g/mol. The van der Waals surface area contributed by atoms with Gasteiger partial charge in [-0.05, 0) is 51.2 Å². The Balaban J connectivity index is 1.83. The molecular weight excluding hydrogens is 302 g/mol. The predicted molar refractivity (Wildman–Crippen MR) is 95.2 cm³/mol. The molecule has 1 unspecified atom stereocenters. The van der Waals surface area contributed by atoms with Crippen molar-refractivity contribution in [1.82, 2.24) is 4.90 Å². The summed E-state index contributed by atoms with van der Waals surface area (Å²) < 4.78 is 5.38. The first-order valence-corrected chi connectivity index (χ1v) is 8.70. The van der Waals surface area contributed by atoms with Gasteiger partial charge in [-0.3, -0.25) is 0 Å². The molecule has 1 aromatic carbocycles. The second-order valence-electron chi connectivity index (χ2n) is 8.04. The largest absolute Gasteiger partial charge is 0.444 e. The lowest BCUT2D eigenvalue weighted by Crippen LogP contribution is -2.50. The number of nitrogens with zero attached hydrogens (tertiary/aromatic N) is 1. The SMILES string of the molecule is CC(=O)CC(C)Cc1ccc(C2CN(C(=O)OC(C)(C)C)C2)cc1. The van der Waals surface area contributed by atoms with Crippen LogP contribution in [0.4, 0.5) is 4.79 Å². The minimum atomic E-state index is -0.444. The number of amides is 1. The lowest BCUT2D eigenvalue weighted by Gasteiger charge is -2.40. The molecule has 4 nitrogen and oxygen atoms in total. The monoisotopic (exact) mass is 331 g/mol. The summed E-state index contributed by atoms with van der Waals surface area (Å²) in [7, 11) is 0. The molecule has 24 heavy (non-hydrogen) atoms. The van der Waals surface area contributed by atoms with Gasteiger partial charge in [-0.25, -0.2) is 4.79 Å². The molecule has 1 aliphatic rings. The van der Waals surface area contributed by atoms with Gasteiger partial charge in [0.2, 0.25) is 0 Å². The fraction of sp³-hybridized carbons (Fsp3) is 0.600. The molecule has 1 aliphatic heterocycles. The molecule has 0 spiro atoms. The predicted octanol–water partition coefficient (Wildman–Crippen LogP) is 4.18. The van der Waals surface area contributed by atoms with Crippen LogP contribution in [0, 0.1) is 5.92 Å². The zero-order chi connectivity index (χ0) is 17.9. The van der Waals surface area contributed by atoms with Crippen LogP contribution >= 0.6 is 0 Å². The lowest BCUT2D eigenvalue weighted by atomic mass is 9.89. The Kier molecular flexibility index (Phi) is 5.68. The van der Waals surface area contributed by atoms with E-state index in [0.717, 1.165) is 19.5 Å². The maximum Gasteiger partial charge on any atom is 0.410 e. The summed E-state index contributed by atoms with van der Waals surface area (Å²) in [5.41, 5.74) is 2.08. The zero-order valence-corrected chi connectivity index (χ0v) is 15.5. The van der Waals surface area contributed by atoms with Crippen molar-refractivity contribution in [2.45, 2.75) is 59.0 Å². The molecular formula is C20H29NO3. The molecule has 0 bridgehead atoms. The van der Waals surface area contributed by atoms with Crippen molar-refractivity contribution in [3.05, 3.63) is 35.4 Å². The summed E-state index contributed by atoms with van der Waals surface area (Å²) >= 11 is 0. The van der Waals surface area contributed by atoms with Crippen LogP contribution in [0.5, 0.6) is 0 Å². The van der Waals surface area contributed by atoms with Crippen LogP contribution in [-0.4, -0.2) is 35.5 Å². The van der Waals surface area contributed by atoms with E-state index in [1.807, 2.05) is 20.8 Å². The van der Waals surface area contributed by atoms with E-state index in [2.05, 4.69) is 31.2 Å². The van der Waals surface area contributed by atoms with Gasteiger partial charge in [-0.2, -0.15) is 0 Å². The van der Waals surface area contributed by atoms with Gasteiger partial charge < -0.3 is 14.4 Å². The van der Waals surface area contributed by atoms with Crippen LogP contribution < -0.4 is 0 Å². The highest BCUT2D eigenvalue weighted by Crippen LogP contribution is 2.29. The topological polar surface area (TPSA) is 46.6 Å². The molecule has 1 amide bonds. The Morgan fingerprint density at radius 1 is 1.21 bits per heavy atom. The third kappa shape index (κ3) is 5.36. The molecule has 1 aromatic rings. The Hall–Kier alpha value is -1.84. The molecule has 1 saturated heterocycles. The van der Waals surface area contributed by atoms with Gasteiger partial charge in [0.05, 0.1) is 0 Å². The van der Waals surface area contributed by atoms with E-state index < -0.39 is 5.60 Å². The first-order chi connectivity index (χ1) is 11.1. The van der Waals surface area contributed by atoms with Gasteiger partial charge in [-0.1, -0.05) is 31.2 Å². The molecule has 0 aromatic heterocycles. The summed E-state index contributed by atoms with van der Waals surface area (Å²) in [4.78, 5) is 24.9. The van der Waals surface area contributed by atoms with E-state index in [1.54, 1.807) is 11.8 Å². The fourth-order valence-corrected chi connectivity index (χ4v) is 3.06. The Morgan fingerprint density at radius 3 is 2.29 bits per heavy atom. The molecule has 4 heteroatoms. The Labute approximate surface area is 145 Å². The van der Waals surface area contributed by atoms with Crippen LogP contribution in [0.2, 0.25) is 0 Å². The van der Waals surface area contributed by atoms with Crippen molar-refractivity contribution in [3.63, 3.8) is 0 Å². The first kappa shape index (κ1) is 18.5. The number of Topliss-reactive ketones (excluding diaryl/α,β-unsaturated/α-hetero) is 1. The number of hydrogen-bond donors (Lipinski definition) is 0. The summed E-state index contributed by atoms with van der Waals surface area (Å²) in [5.74, 6) is 1.01. The van der Waals surface area contributed by atoms with Crippen molar-refractivity contribution < 1.29 is 14.3 Å². The summed E-state index contributed by atoms with van der Waals surface area (Å²) in [6, 6.07) is 8.57. The van der Waals surface area contributed by atoms with E-state index in [9.17, 15) is 9.59 Å². The number of ketones is 1. The molecule has 1 fully saturated rings. The minimum Gasteiger partial charge on any atom is -0.444 e.